The third-order valence-corrected chi connectivity index (χ3v) is 4.99. The zero-order valence-electron chi connectivity index (χ0n) is 17.3. The maximum Gasteiger partial charge on any atom is 0.310 e. The zero-order chi connectivity index (χ0) is 20.1. The Kier molecular flexibility index (Phi) is 8.48. The largest absolute Gasteiger partial charge is 0.469 e. The van der Waals surface area contributed by atoms with Crippen LogP contribution < -0.4 is 5.32 Å². The van der Waals surface area contributed by atoms with Gasteiger partial charge in [0.05, 0.1) is 19.6 Å². The van der Waals surface area contributed by atoms with Gasteiger partial charge in [0, 0.05) is 25.2 Å². The number of nitrogens with one attached hydrogen (secondary N) is 1. The molecule has 2 atom stereocenters. The number of carbonyl (C=O) groups is 1. The molecule has 158 valence electrons. The number of ether oxygens (including phenoxy) is 1. The molecule has 1 saturated heterocycles. The van der Waals surface area contributed by atoms with E-state index in [1.165, 1.54) is 12.7 Å². The second-order valence-electron chi connectivity index (χ2n) is 7.19. The van der Waals surface area contributed by atoms with Crippen LogP contribution in [-0.4, -0.2) is 48.6 Å². The topological polar surface area (TPSA) is 80.0 Å². The summed E-state index contributed by atoms with van der Waals surface area (Å²) in [5, 5.41) is 3.30. The van der Waals surface area contributed by atoms with Gasteiger partial charge in [-0.05, 0) is 31.9 Å². The Labute approximate surface area is 188 Å². The number of hydrogen-bond donors (Lipinski definition) is 1. The number of nitrogens with zero attached hydrogens (tertiary/aromatic N) is 3. The fourth-order valence-corrected chi connectivity index (χ4v) is 3.39. The second-order valence-corrected chi connectivity index (χ2v) is 7.19. The number of aromatic nitrogens is 1. The average molecular weight is 512 g/mol. The highest BCUT2D eigenvalue weighted by Crippen LogP contribution is 2.24. The number of aryl methyl sites for hydroxylation is 1. The van der Waals surface area contributed by atoms with Crippen molar-refractivity contribution in [3.8, 4) is 11.5 Å². The number of carbonyl (C=O) groups excluding carboxylic acids is 1. The van der Waals surface area contributed by atoms with Gasteiger partial charge in [0.2, 0.25) is 5.89 Å². The highest BCUT2D eigenvalue weighted by atomic mass is 127. The molecule has 2 unspecified atom stereocenters. The van der Waals surface area contributed by atoms with Crippen LogP contribution in [0.4, 0.5) is 0 Å². The molecule has 0 aliphatic carbocycles. The van der Waals surface area contributed by atoms with Crippen molar-refractivity contribution in [2.75, 3.05) is 26.7 Å². The molecule has 0 radical (unpaired) electrons. The summed E-state index contributed by atoms with van der Waals surface area (Å²) in [7, 11) is 1.44. The Balaban J connectivity index is 0.00000300. The van der Waals surface area contributed by atoms with E-state index in [0.29, 0.717) is 19.0 Å². The van der Waals surface area contributed by atoms with Crippen molar-refractivity contribution in [1.29, 1.82) is 0 Å². The van der Waals surface area contributed by atoms with E-state index in [-0.39, 0.29) is 41.8 Å². The SMILES string of the molecule is CCNC(=NCc1coc(-c2ccc(C)cc2)n1)N1CC(C)C(C(=O)OC)C1.I. The van der Waals surface area contributed by atoms with Crippen LogP contribution >= 0.6 is 24.0 Å². The van der Waals surface area contributed by atoms with Crippen LogP contribution in [0.15, 0.2) is 39.9 Å². The van der Waals surface area contributed by atoms with E-state index in [1.54, 1.807) is 6.26 Å². The van der Waals surface area contributed by atoms with Crippen molar-refractivity contribution < 1.29 is 13.9 Å². The smallest absolute Gasteiger partial charge is 0.310 e. The van der Waals surface area contributed by atoms with Gasteiger partial charge in [0.15, 0.2) is 5.96 Å². The second kappa shape index (κ2) is 10.6. The van der Waals surface area contributed by atoms with Crippen molar-refractivity contribution in [1.82, 2.24) is 15.2 Å². The molecule has 0 spiro atoms. The first kappa shape index (κ1) is 23.2. The van der Waals surface area contributed by atoms with Gasteiger partial charge in [-0.2, -0.15) is 0 Å². The molecule has 29 heavy (non-hydrogen) atoms. The molecule has 7 nitrogen and oxygen atoms in total. The molecule has 8 heteroatoms. The fourth-order valence-electron chi connectivity index (χ4n) is 3.39. The van der Waals surface area contributed by atoms with E-state index in [1.807, 2.05) is 38.1 Å². The van der Waals surface area contributed by atoms with E-state index < -0.39 is 0 Å². The lowest BCUT2D eigenvalue weighted by molar-refractivity contribution is -0.145. The molecule has 0 amide bonds. The number of likely N-dealkylation sites (tertiary alicyclic amines) is 1. The van der Waals surface area contributed by atoms with Crippen molar-refractivity contribution in [3.05, 3.63) is 41.8 Å². The zero-order valence-corrected chi connectivity index (χ0v) is 19.7. The lowest BCUT2D eigenvalue weighted by Gasteiger charge is -2.21. The molecule has 0 bridgehead atoms. The molecule has 2 aromatic rings. The molecule has 1 aromatic carbocycles. The average Bonchev–Trinajstić information content (AvgIpc) is 3.32. The highest BCUT2D eigenvalue weighted by molar-refractivity contribution is 14.0. The fraction of sp³-hybridized carbons (Fsp3) is 0.476. The number of aliphatic imine (C=N–C) groups is 1. The number of esters is 1. The van der Waals surface area contributed by atoms with Crippen LogP contribution in [0.1, 0.15) is 25.1 Å². The quantitative estimate of drug-likeness (QED) is 0.286. The standard InChI is InChI=1S/C21H28N4O3.HI/c1-5-22-21(25-11-15(3)18(12-25)20(26)27-4)23-10-17-13-28-19(24-17)16-8-6-14(2)7-9-16;/h6-9,13,15,18H,5,10-12H2,1-4H3,(H,22,23);1H. The van der Waals surface area contributed by atoms with Crippen LogP contribution in [0, 0.1) is 18.8 Å². The number of hydrogen-bond acceptors (Lipinski definition) is 5. The van der Waals surface area contributed by atoms with E-state index in [9.17, 15) is 4.79 Å². The number of methoxy groups -OCH3 is 1. The maximum absolute atomic E-state index is 12.0. The summed E-state index contributed by atoms with van der Waals surface area (Å²) in [5.41, 5.74) is 2.91. The van der Waals surface area contributed by atoms with Crippen LogP contribution in [0.25, 0.3) is 11.5 Å². The number of rotatable bonds is 5. The molecule has 1 N–H and O–H groups in total. The van der Waals surface area contributed by atoms with Gasteiger partial charge >= 0.3 is 5.97 Å². The van der Waals surface area contributed by atoms with Crippen molar-refractivity contribution in [3.63, 3.8) is 0 Å². The molecule has 3 rings (SSSR count). The number of guanidine groups is 1. The molecule has 1 fully saturated rings. The van der Waals surface area contributed by atoms with Crippen LogP contribution in [0.2, 0.25) is 0 Å². The summed E-state index contributed by atoms with van der Waals surface area (Å²) in [5.74, 6) is 1.30. The predicted octanol–water partition coefficient (Wildman–Crippen LogP) is 3.47. The van der Waals surface area contributed by atoms with Crippen LogP contribution in [0.3, 0.4) is 0 Å². The minimum absolute atomic E-state index is 0. The molecule has 0 saturated carbocycles. The summed E-state index contributed by atoms with van der Waals surface area (Å²) in [6.45, 7) is 8.67. The lowest BCUT2D eigenvalue weighted by Crippen LogP contribution is -2.40. The third kappa shape index (κ3) is 5.71. The Bertz CT molecular complexity index is 835. The molecular formula is C21H29IN4O3. The third-order valence-electron chi connectivity index (χ3n) is 4.99. The summed E-state index contributed by atoms with van der Waals surface area (Å²) >= 11 is 0. The summed E-state index contributed by atoms with van der Waals surface area (Å²) < 4.78 is 10.5. The first-order valence-electron chi connectivity index (χ1n) is 9.64. The summed E-state index contributed by atoms with van der Waals surface area (Å²) in [6.07, 6.45) is 1.64. The Morgan fingerprint density at radius 1 is 1.34 bits per heavy atom. The minimum Gasteiger partial charge on any atom is -0.469 e. The maximum atomic E-state index is 12.0. The van der Waals surface area contributed by atoms with Crippen LogP contribution in [-0.2, 0) is 16.1 Å². The predicted molar refractivity (Wildman–Crippen MR) is 123 cm³/mol. The summed E-state index contributed by atoms with van der Waals surface area (Å²) in [6, 6.07) is 8.06. The molecule has 1 aliphatic rings. The Hall–Kier alpha value is -2.10. The monoisotopic (exact) mass is 512 g/mol. The molecular weight excluding hydrogens is 483 g/mol. The first-order valence-corrected chi connectivity index (χ1v) is 9.64. The first-order chi connectivity index (χ1) is 13.5. The van der Waals surface area contributed by atoms with E-state index in [0.717, 1.165) is 30.3 Å². The van der Waals surface area contributed by atoms with Gasteiger partial charge in [-0.25, -0.2) is 9.98 Å². The Morgan fingerprint density at radius 2 is 2.07 bits per heavy atom. The molecule has 1 aromatic heterocycles. The minimum atomic E-state index is -0.162. The van der Waals surface area contributed by atoms with E-state index >= 15 is 0 Å². The molecule has 1 aliphatic heterocycles. The van der Waals surface area contributed by atoms with Gasteiger partial charge in [-0.3, -0.25) is 4.79 Å². The van der Waals surface area contributed by atoms with Gasteiger partial charge in [-0.15, -0.1) is 24.0 Å². The number of oxazole rings is 1. The normalized spacial score (nSPS) is 19.0. The van der Waals surface area contributed by atoms with Crippen LogP contribution in [0.5, 0.6) is 0 Å². The van der Waals surface area contributed by atoms with E-state index in [2.05, 4.69) is 22.1 Å². The van der Waals surface area contributed by atoms with Crippen molar-refractivity contribution >= 4 is 35.9 Å². The van der Waals surface area contributed by atoms with Crippen molar-refractivity contribution in [2.45, 2.75) is 27.3 Å². The van der Waals surface area contributed by atoms with E-state index in [4.69, 9.17) is 14.1 Å². The van der Waals surface area contributed by atoms with Crippen molar-refractivity contribution in [2.24, 2.45) is 16.8 Å². The molecule has 2 heterocycles. The van der Waals surface area contributed by atoms with Gasteiger partial charge in [-0.1, -0.05) is 24.6 Å². The highest BCUT2D eigenvalue weighted by Gasteiger charge is 2.36. The Morgan fingerprint density at radius 3 is 2.72 bits per heavy atom. The van der Waals surface area contributed by atoms with Gasteiger partial charge in [0.1, 0.15) is 12.0 Å². The van der Waals surface area contributed by atoms with Gasteiger partial charge in [0.25, 0.3) is 0 Å². The lowest BCUT2D eigenvalue weighted by atomic mass is 9.99. The number of benzene rings is 1. The number of halogens is 1. The summed E-state index contributed by atoms with van der Waals surface area (Å²) in [4.78, 5) is 23.3. The van der Waals surface area contributed by atoms with Gasteiger partial charge < -0.3 is 19.4 Å².